The quantitative estimate of drug-likeness (QED) is 0.579. The van der Waals surface area contributed by atoms with Crippen LogP contribution in [0.1, 0.15) is 18.4 Å². The SMILES string of the molecule is CCOC(=O)C(N)C(=O)N(C)Cc1cc(C)on1. The van der Waals surface area contributed by atoms with Crippen LogP contribution in [0.25, 0.3) is 0 Å². The van der Waals surface area contributed by atoms with E-state index in [1.807, 2.05) is 0 Å². The van der Waals surface area contributed by atoms with Crippen molar-refractivity contribution in [3.05, 3.63) is 17.5 Å². The topological polar surface area (TPSA) is 98.7 Å². The van der Waals surface area contributed by atoms with Crippen LogP contribution in [-0.2, 0) is 20.9 Å². The largest absolute Gasteiger partial charge is 0.464 e. The van der Waals surface area contributed by atoms with Gasteiger partial charge in [-0.1, -0.05) is 5.16 Å². The number of carbonyl (C=O) groups is 2. The number of amides is 1. The fraction of sp³-hybridized carbons (Fsp3) is 0.545. The molecule has 0 aliphatic carbocycles. The first-order chi connectivity index (χ1) is 8.45. The number of nitrogens with zero attached hydrogens (tertiary/aromatic N) is 2. The number of nitrogens with two attached hydrogens (primary N) is 1. The van der Waals surface area contributed by atoms with Gasteiger partial charge >= 0.3 is 5.97 Å². The molecule has 1 rings (SSSR count). The fourth-order valence-corrected chi connectivity index (χ4v) is 1.38. The van der Waals surface area contributed by atoms with Crippen LogP contribution in [0, 0.1) is 6.92 Å². The second-order valence-electron chi connectivity index (χ2n) is 3.85. The standard InChI is InChI=1S/C11H17N3O4/c1-4-17-11(16)9(12)10(15)14(3)6-8-5-7(2)18-13-8/h5,9H,4,6,12H2,1-3H3. The molecule has 0 fully saturated rings. The van der Waals surface area contributed by atoms with Crippen LogP contribution < -0.4 is 5.73 Å². The third kappa shape index (κ3) is 3.56. The molecule has 18 heavy (non-hydrogen) atoms. The van der Waals surface area contributed by atoms with Gasteiger partial charge in [0.2, 0.25) is 0 Å². The van der Waals surface area contributed by atoms with Gasteiger partial charge in [-0.3, -0.25) is 4.79 Å². The first kappa shape index (κ1) is 14.2. The highest BCUT2D eigenvalue weighted by atomic mass is 16.5. The number of ether oxygens (including phenoxy) is 1. The smallest absolute Gasteiger partial charge is 0.332 e. The summed E-state index contributed by atoms with van der Waals surface area (Å²) >= 11 is 0. The Hall–Kier alpha value is -1.89. The number of aromatic nitrogens is 1. The van der Waals surface area contributed by atoms with Gasteiger partial charge in [-0.25, -0.2) is 4.79 Å². The molecule has 7 heteroatoms. The molecular formula is C11H17N3O4. The predicted octanol–water partition coefficient (Wildman–Crippen LogP) is -0.168. The fourth-order valence-electron chi connectivity index (χ4n) is 1.38. The van der Waals surface area contributed by atoms with E-state index in [1.165, 1.54) is 11.9 Å². The minimum atomic E-state index is -1.30. The third-order valence-electron chi connectivity index (χ3n) is 2.26. The third-order valence-corrected chi connectivity index (χ3v) is 2.26. The second kappa shape index (κ2) is 6.15. The average Bonchev–Trinajstić information content (AvgIpc) is 2.73. The van der Waals surface area contributed by atoms with E-state index < -0.39 is 17.9 Å². The maximum absolute atomic E-state index is 11.8. The molecule has 1 heterocycles. The molecule has 0 radical (unpaired) electrons. The number of esters is 1. The van der Waals surface area contributed by atoms with Gasteiger partial charge in [-0.2, -0.15) is 0 Å². The highest BCUT2D eigenvalue weighted by Crippen LogP contribution is 2.05. The van der Waals surface area contributed by atoms with E-state index in [0.717, 1.165) is 0 Å². The van der Waals surface area contributed by atoms with Crippen molar-refractivity contribution in [2.75, 3.05) is 13.7 Å². The minimum Gasteiger partial charge on any atom is -0.464 e. The zero-order valence-corrected chi connectivity index (χ0v) is 10.7. The molecule has 2 N–H and O–H groups in total. The molecular weight excluding hydrogens is 238 g/mol. The van der Waals surface area contributed by atoms with Gasteiger partial charge < -0.3 is 19.9 Å². The summed E-state index contributed by atoms with van der Waals surface area (Å²) in [6, 6.07) is 0.405. The highest BCUT2D eigenvalue weighted by molar-refractivity contribution is 6.01. The van der Waals surface area contributed by atoms with E-state index in [0.29, 0.717) is 11.5 Å². The zero-order chi connectivity index (χ0) is 13.7. The highest BCUT2D eigenvalue weighted by Gasteiger charge is 2.26. The number of carbonyl (C=O) groups excluding carboxylic acids is 2. The molecule has 1 atom stereocenters. The summed E-state index contributed by atoms with van der Waals surface area (Å²) in [5, 5.41) is 3.75. The van der Waals surface area contributed by atoms with Gasteiger partial charge in [0.25, 0.3) is 5.91 Å². The number of aryl methyl sites for hydroxylation is 1. The monoisotopic (exact) mass is 255 g/mol. The van der Waals surface area contributed by atoms with Crippen LogP contribution in [0.2, 0.25) is 0 Å². The molecule has 1 unspecified atom stereocenters. The lowest BCUT2D eigenvalue weighted by Gasteiger charge is -2.19. The van der Waals surface area contributed by atoms with Crippen LogP contribution >= 0.6 is 0 Å². The van der Waals surface area contributed by atoms with E-state index in [1.54, 1.807) is 19.9 Å². The van der Waals surface area contributed by atoms with Gasteiger partial charge in [0.15, 0.2) is 6.04 Å². The minimum absolute atomic E-state index is 0.187. The lowest BCUT2D eigenvalue weighted by molar-refractivity contribution is -0.150. The Morgan fingerprint density at radius 3 is 2.78 bits per heavy atom. The van der Waals surface area contributed by atoms with E-state index in [4.69, 9.17) is 10.3 Å². The van der Waals surface area contributed by atoms with Crippen molar-refractivity contribution in [3.8, 4) is 0 Å². The summed E-state index contributed by atoms with van der Waals surface area (Å²) in [7, 11) is 1.53. The lowest BCUT2D eigenvalue weighted by Crippen LogP contribution is -2.47. The van der Waals surface area contributed by atoms with Crippen LogP contribution in [0.5, 0.6) is 0 Å². The average molecular weight is 255 g/mol. The van der Waals surface area contributed by atoms with Crippen molar-refractivity contribution >= 4 is 11.9 Å². The molecule has 100 valence electrons. The Morgan fingerprint density at radius 2 is 2.28 bits per heavy atom. The Labute approximate surface area is 105 Å². The Balaban J connectivity index is 2.58. The first-order valence-electron chi connectivity index (χ1n) is 5.55. The maximum atomic E-state index is 11.8. The van der Waals surface area contributed by atoms with Crippen molar-refractivity contribution in [1.82, 2.24) is 10.1 Å². The molecule has 0 aliphatic rings. The predicted molar refractivity (Wildman–Crippen MR) is 62.3 cm³/mol. The van der Waals surface area contributed by atoms with Gasteiger partial charge in [0.05, 0.1) is 13.2 Å². The molecule has 1 aromatic rings. The number of hydrogen-bond acceptors (Lipinski definition) is 6. The normalized spacial score (nSPS) is 12.0. The van der Waals surface area contributed by atoms with Crippen LogP contribution in [0.3, 0.4) is 0 Å². The zero-order valence-electron chi connectivity index (χ0n) is 10.7. The Morgan fingerprint density at radius 1 is 1.61 bits per heavy atom. The summed E-state index contributed by atoms with van der Waals surface area (Å²) in [4.78, 5) is 24.4. The van der Waals surface area contributed by atoms with Crippen molar-refractivity contribution in [3.63, 3.8) is 0 Å². The Bertz CT molecular complexity index is 430. The van der Waals surface area contributed by atoms with Crippen LogP contribution in [-0.4, -0.2) is 41.6 Å². The molecule has 0 saturated carbocycles. The second-order valence-corrected chi connectivity index (χ2v) is 3.85. The molecule has 1 aromatic heterocycles. The molecule has 0 spiro atoms. The van der Waals surface area contributed by atoms with Gasteiger partial charge in [0, 0.05) is 13.1 Å². The van der Waals surface area contributed by atoms with Crippen LogP contribution in [0.15, 0.2) is 10.6 Å². The summed E-state index contributed by atoms with van der Waals surface area (Å²) in [6.45, 7) is 3.81. The van der Waals surface area contributed by atoms with E-state index >= 15 is 0 Å². The van der Waals surface area contributed by atoms with E-state index in [9.17, 15) is 9.59 Å². The van der Waals surface area contributed by atoms with E-state index in [2.05, 4.69) is 9.89 Å². The summed E-state index contributed by atoms with van der Waals surface area (Å²) in [5.41, 5.74) is 6.09. The van der Waals surface area contributed by atoms with Gasteiger partial charge in [-0.15, -0.1) is 0 Å². The molecule has 0 saturated heterocycles. The molecule has 7 nitrogen and oxygen atoms in total. The molecule has 0 aliphatic heterocycles. The van der Waals surface area contributed by atoms with Crippen molar-refractivity contribution in [2.24, 2.45) is 5.73 Å². The summed E-state index contributed by atoms with van der Waals surface area (Å²) < 4.78 is 9.56. The lowest BCUT2D eigenvalue weighted by atomic mass is 10.2. The number of likely N-dealkylation sites (N-methyl/N-ethyl adjacent to an activating group) is 1. The van der Waals surface area contributed by atoms with Gasteiger partial charge in [-0.05, 0) is 13.8 Å². The molecule has 0 bridgehead atoms. The Kier molecular flexibility index (Phi) is 4.85. The number of hydrogen-bond donors (Lipinski definition) is 1. The molecule has 1 amide bonds. The van der Waals surface area contributed by atoms with E-state index in [-0.39, 0.29) is 13.2 Å². The van der Waals surface area contributed by atoms with Crippen molar-refractivity contribution < 1.29 is 18.8 Å². The van der Waals surface area contributed by atoms with Crippen LogP contribution in [0.4, 0.5) is 0 Å². The summed E-state index contributed by atoms with van der Waals surface area (Å²) in [6.07, 6.45) is 0. The number of rotatable bonds is 5. The van der Waals surface area contributed by atoms with Crippen molar-refractivity contribution in [2.45, 2.75) is 26.4 Å². The first-order valence-corrected chi connectivity index (χ1v) is 5.55. The maximum Gasteiger partial charge on any atom is 0.332 e. The van der Waals surface area contributed by atoms with Crippen molar-refractivity contribution in [1.29, 1.82) is 0 Å². The molecule has 0 aromatic carbocycles. The summed E-state index contributed by atoms with van der Waals surface area (Å²) in [5.74, 6) is -0.597. The van der Waals surface area contributed by atoms with Gasteiger partial charge in [0.1, 0.15) is 11.5 Å².